The first-order valence-electron chi connectivity index (χ1n) is 5.88. The molecule has 0 saturated carbocycles. The van der Waals surface area contributed by atoms with E-state index < -0.39 is 17.7 Å². The molecule has 2 nitrogen and oxygen atoms in total. The molecule has 1 aromatic carbocycles. The minimum Gasteiger partial charge on any atom is -0.497 e. The van der Waals surface area contributed by atoms with E-state index in [4.69, 9.17) is 10.5 Å². The monoisotopic (exact) mass is 279 g/mol. The predicted octanol–water partition coefficient (Wildman–Crippen LogP) is 3.98. The number of methoxy groups -OCH3 is 1. The van der Waals surface area contributed by atoms with Gasteiger partial charge >= 0.3 is 0 Å². The molecule has 1 atom stereocenters. The molecule has 0 radical (unpaired) electrons. The molecule has 1 aromatic rings. The summed E-state index contributed by atoms with van der Waals surface area (Å²) in [5.41, 5.74) is 5.77. The zero-order valence-electron chi connectivity index (χ0n) is 10.7. The molecule has 0 aliphatic rings. The Bertz CT molecular complexity index is 351. The van der Waals surface area contributed by atoms with Crippen LogP contribution in [0.1, 0.15) is 44.2 Å². The summed E-state index contributed by atoms with van der Waals surface area (Å²) >= 11 is 0. The molecule has 2 N–H and O–H groups in total. The number of nitrogens with two attached hydrogens (primary N) is 1. The third-order valence-corrected chi connectivity index (χ3v) is 2.78. The van der Waals surface area contributed by atoms with E-state index in [1.54, 1.807) is 0 Å². The normalized spacial score (nSPS) is 11.8. The highest BCUT2D eigenvalue weighted by molar-refractivity contribution is 5.85. The number of unbranched alkanes of at least 4 members (excludes halogenated alkanes) is 2. The molecule has 1 rings (SSSR count). The number of ether oxygens (including phenoxy) is 1. The average molecular weight is 280 g/mol. The van der Waals surface area contributed by atoms with Gasteiger partial charge in [0, 0.05) is 23.7 Å². The second-order valence-electron chi connectivity index (χ2n) is 4.11. The van der Waals surface area contributed by atoms with Crippen molar-refractivity contribution in [1.82, 2.24) is 0 Å². The van der Waals surface area contributed by atoms with Crippen LogP contribution in [0.15, 0.2) is 12.1 Å². The summed E-state index contributed by atoms with van der Waals surface area (Å²) in [5, 5.41) is 0. The summed E-state index contributed by atoms with van der Waals surface area (Å²) in [4.78, 5) is 0. The van der Waals surface area contributed by atoms with E-state index in [1.165, 1.54) is 7.11 Å². The molecule has 5 heteroatoms. The molecule has 0 saturated heterocycles. The second-order valence-corrected chi connectivity index (χ2v) is 4.11. The van der Waals surface area contributed by atoms with E-state index >= 15 is 0 Å². The van der Waals surface area contributed by atoms with Crippen LogP contribution in [0.2, 0.25) is 0 Å². The van der Waals surface area contributed by atoms with Crippen LogP contribution in [0.5, 0.6) is 5.75 Å². The summed E-state index contributed by atoms with van der Waals surface area (Å²) < 4.78 is 32.1. The Morgan fingerprint density at radius 1 is 1.22 bits per heavy atom. The quantitative estimate of drug-likeness (QED) is 0.800. The van der Waals surface area contributed by atoms with Crippen LogP contribution in [0.4, 0.5) is 8.78 Å². The zero-order chi connectivity index (χ0) is 12.8. The van der Waals surface area contributed by atoms with Gasteiger partial charge in [-0.05, 0) is 6.42 Å². The lowest BCUT2D eigenvalue weighted by molar-refractivity contribution is 0.402. The van der Waals surface area contributed by atoms with Gasteiger partial charge in [-0.25, -0.2) is 8.78 Å². The topological polar surface area (TPSA) is 35.2 Å². The maximum absolute atomic E-state index is 13.7. The summed E-state index contributed by atoms with van der Waals surface area (Å²) in [6, 6.07) is 1.74. The van der Waals surface area contributed by atoms with Crippen LogP contribution in [-0.4, -0.2) is 7.11 Å². The van der Waals surface area contributed by atoms with Gasteiger partial charge in [-0.1, -0.05) is 26.2 Å². The highest BCUT2D eigenvalue weighted by Gasteiger charge is 2.17. The largest absolute Gasteiger partial charge is 0.497 e. The highest BCUT2D eigenvalue weighted by atomic mass is 35.5. The molecule has 104 valence electrons. The van der Waals surface area contributed by atoms with E-state index in [0.29, 0.717) is 6.42 Å². The minimum atomic E-state index is -0.633. The van der Waals surface area contributed by atoms with Crippen molar-refractivity contribution in [3.63, 3.8) is 0 Å². The van der Waals surface area contributed by atoms with Crippen LogP contribution >= 0.6 is 12.4 Å². The number of hydrogen-bond acceptors (Lipinski definition) is 2. The van der Waals surface area contributed by atoms with Crippen LogP contribution in [0.3, 0.4) is 0 Å². The van der Waals surface area contributed by atoms with Gasteiger partial charge in [-0.3, -0.25) is 0 Å². The molecule has 0 fully saturated rings. The first kappa shape index (κ1) is 17.1. The number of rotatable bonds is 6. The maximum Gasteiger partial charge on any atom is 0.134 e. The van der Waals surface area contributed by atoms with Crippen molar-refractivity contribution in [3.8, 4) is 5.75 Å². The van der Waals surface area contributed by atoms with Gasteiger partial charge in [0.1, 0.15) is 17.4 Å². The van der Waals surface area contributed by atoms with E-state index in [2.05, 4.69) is 6.92 Å². The molecule has 18 heavy (non-hydrogen) atoms. The van der Waals surface area contributed by atoms with Gasteiger partial charge in [0.15, 0.2) is 0 Å². The maximum atomic E-state index is 13.7. The van der Waals surface area contributed by atoms with Crippen LogP contribution in [0.25, 0.3) is 0 Å². The summed E-state index contributed by atoms with van der Waals surface area (Å²) in [5.74, 6) is -1.10. The molecule has 0 spiro atoms. The van der Waals surface area contributed by atoms with Gasteiger partial charge in [0.25, 0.3) is 0 Å². The first-order valence-corrected chi connectivity index (χ1v) is 5.88. The molecular formula is C13H20ClF2NO. The average Bonchev–Trinajstić information content (AvgIpc) is 2.28. The van der Waals surface area contributed by atoms with Crippen molar-refractivity contribution in [2.24, 2.45) is 5.73 Å². The fraction of sp³-hybridized carbons (Fsp3) is 0.538. The lowest BCUT2D eigenvalue weighted by atomic mass is 10.00. The molecule has 0 unspecified atom stereocenters. The Labute approximate surface area is 113 Å². The van der Waals surface area contributed by atoms with E-state index in [-0.39, 0.29) is 23.7 Å². The van der Waals surface area contributed by atoms with Crippen molar-refractivity contribution in [1.29, 1.82) is 0 Å². The Balaban J connectivity index is 0.00000289. The molecule has 0 amide bonds. The van der Waals surface area contributed by atoms with E-state index in [0.717, 1.165) is 31.4 Å². The van der Waals surface area contributed by atoms with Crippen molar-refractivity contribution in [3.05, 3.63) is 29.3 Å². The minimum absolute atomic E-state index is 0. The molecular weight excluding hydrogens is 260 g/mol. The summed E-state index contributed by atoms with van der Waals surface area (Å²) in [6.07, 6.45) is 3.55. The van der Waals surface area contributed by atoms with Gasteiger partial charge in [0.05, 0.1) is 7.11 Å². The fourth-order valence-electron chi connectivity index (χ4n) is 1.79. The van der Waals surface area contributed by atoms with Crippen LogP contribution in [-0.2, 0) is 0 Å². The van der Waals surface area contributed by atoms with E-state index in [1.807, 2.05) is 0 Å². The third-order valence-electron chi connectivity index (χ3n) is 2.78. The van der Waals surface area contributed by atoms with Crippen molar-refractivity contribution < 1.29 is 13.5 Å². The Hall–Kier alpha value is -0.870. The van der Waals surface area contributed by atoms with Gasteiger partial charge in [0.2, 0.25) is 0 Å². The van der Waals surface area contributed by atoms with Crippen molar-refractivity contribution in [2.45, 2.75) is 38.6 Å². The van der Waals surface area contributed by atoms with Gasteiger partial charge in [-0.15, -0.1) is 12.4 Å². The summed E-state index contributed by atoms with van der Waals surface area (Å²) in [6.45, 7) is 2.07. The van der Waals surface area contributed by atoms with E-state index in [9.17, 15) is 8.78 Å². The SMILES string of the molecule is CCCCC[C@@H](N)c1c(F)cc(OC)cc1F.Cl. The molecule has 0 aromatic heterocycles. The Kier molecular flexibility index (Phi) is 7.87. The molecule has 0 aliphatic carbocycles. The fourth-order valence-corrected chi connectivity index (χ4v) is 1.79. The number of hydrogen-bond donors (Lipinski definition) is 1. The number of halogens is 3. The third kappa shape index (κ3) is 4.42. The lowest BCUT2D eigenvalue weighted by Crippen LogP contribution is -2.14. The zero-order valence-corrected chi connectivity index (χ0v) is 11.5. The molecule has 0 aliphatic heterocycles. The standard InChI is InChI=1S/C13H19F2NO.ClH/c1-3-4-5-6-12(16)13-10(14)7-9(17-2)8-11(13)15;/h7-8,12H,3-6,16H2,1-2H3;1H/t12-;/m1./s1. The van der Waals surface area contributed by atoms with Crippen LogP contribution < -0.4 is 10.5 Å². The highest BCUT2D eigenvalue weighted by Crippen LogP contribution is 2.27. The second kappa shape index (κ2) is 8.27. The van der Waals surface area contributed by atoms with Crippen molar-refractivity contribution in [2.75, 3.05) is 7.11 Å². The Morgan fingerprint density at radius 2 is 1.78 bits per heavy atom. The summed E-state index contributed by atoms with van der Waals surface area (Å²) in [7, 11) is 1.37. The lowest BCUT2D eigenvalue weighted by Gasteiger charge is -2.14. The predicted molar refractivity (Wildman–Crippen MR) is 71.2 cm³/mol. The van der Waals surface area contributed by atoms with Crippen molar-refractivity contribution >= 4 is 12.4 Å². The van der Waals surface area contributed by atoms with Gasteiger partial charge < -0.3 is 10.5 Å². The first-order chi connectivity index (χ1) is 8.10. The van der Waals surface area contributed by atoms with Crippen LogP contribution in [0, 0.1) is 11.6 Å². The van der Waals surface area contributed by atoms with Gasteiger partial charge in [-0.2, -0.15) is 0 Å². The molecule has 0 heterocycles. The Morgan fingerprint density at radius 3 is 2.22 bits per heavy atom. The smallest absolute Gasteiger partial charge is 0.134 e. The molecule has 0 bridgehead atoms. The number of benzene rings is 1.